The van der Waals surface area contributed by atoms with Crippen molar-refractivity contribution in [2.24, 2.45) is 0 Å². The quantitative estimate of drug-likeness (QED) is 0.597. The van der Waals surface area contributed by atoms with Crippen molar-refractivity contribution in [3.63, 3.8) is 0 Å². The molecule has 5 rings (SSSR count). The van der Waals surface area contributed by atoms with Crippen LogP contribution in [0.4, 0.5) is 19.1 Å². The van der Waals surface area contributed by atoms with E-state index >= 15 is 0 Å². The Labute approximate surface area is 181 Å². The van der Waals surface area contributed by atoms with Gasteiger partial charge in [0, 0.05) is 24.7 Å². The maximum absolute atomic E-state index is 14.4. The summed E-state index contributed by atoms with van der Waals surface area (Å²) in [6, 6.07) is 3.37. The molecule has 2 aliphatic rings. The highest BCUT2D eigenvalue weighted by Crippen LogP contribution is 2.33. The molecule has 3 aromatic rings. The number of β-amino-alcohol motifs (C(OH)–C–C–N with tert-alkyl or cyclic N) is 1. The maximum atomic E-state index is 14.4. The number of nitrogens with zero attached hydrogens (tertiary/aromatic N) is 4. The number of piperidine rings is 1. The van der Waals surface area contributed by atoms with Gasteiger partial charge in [0.1, 0.15) is 17.2 Å². The summed E-state index contributed by atoms with van der Waals surface area (Å²) < 4.78 is 69.5. The van der Waals surface area contributed by atoms with Crippen molar-refractivity contribution in [2.45, 2.75) is 36.7 Å². The molecule has 1 aliphatic heterocycles. The zero-order valence-electron chi connectivity index (χ0n) is 16.7. The number of hydrogen-bond donors (Lipinski definition) is 2. The summed E-state index contributed by atoms with van der Waals surface area (Å²) in [5, 5.41) is 17.3. The number of aliphatic hydroxyl groups excluding tert-OH is 1. The number of fused-ring (bicyclic) bond motifs is 1. The van der Waals surface area contributed by atoms with Crippen LogP contribution in [0.15, 0.2) is 30.5 Å². The second kappa shape index (κ2) is 7.71. The predicted octanol–water partition coefficient (Wildman–Crippen LogP) is 2.15. The van der Waals surface area contributed by atoms with Crippen LogP contribution >= 0.6 is 0 Å². The number of aromatic nitrogens is 3. The van der Waals surface area contributed by atoms with Crippen LogP contribution in [-0.4, -0.2) is 62.9 Å². The zero-order chi connectivity index (χ0) is 22.6. The van der Waals surface area contributed by atoms with Crippen LogP contribution in [0.25, 0.3) is 16.8 Å². The van der Waals surface area contributed by atoms with Gasteiger partial charge in [-0.15, -0.1) is 5.10 Å². The van der Waals surface area contributed by atoms with Crippen molar-refractivity contribution in [1.82, 2.24) is 18.9 Å². The molecule has 1 aromatic carbocycles. The highest BCUT2D eigenvalue weighted by molar-refractivity contribution is 7.90. The largest absolute Gasteiger partial charge is 0.390 e. The summed E-state index contributed by atoms with van der Waals surface area (Å²) >= 11 is 0. The fraction of sp³-hybridized carbons (Fsp3) is 0.400. The van der Waals surface area contributed by atoms with E-state index < -0.39 is 39.6 Å². The minimum Gasteiger partial charge on any atom is -0.390 e. The standard InChI is InChI=1S/C20H20F3N5O3S/c21-11-1-4-14(22)13(7-11)17-8-15(23)18-9-24-20(26-28(17)18)25-16-5-6-27(10-19(16)29)32(30,31)12-2-3-12/h1,4,7-9,12,16,19,29H,2-3,5-6,10H2,(H,25,26)/t16-,19-/m1/s1. The number of benzene rings is 1. The molecule has 2 atom stereocenters. The molecule has 3 heterocycles. The molecule has 32 heavy (non-hydrogen) atoms. The van der Waals surface area contributed by atoms with E-state index in [-0.39, 0.29) is 41.1 Å². The molecule has 0 amide bonds. The van der Waals surface area contributed by atoms with Gasteiger partial charge < -0.3 is 10.4 Å². The first-order valence-corrected chi connectivity index (χ1v) is 11.7. The van der Waals surface area contributed by atoms with Crippen LogP contribution in [0.1, 0.15) is 19.3 Å². The first-order valence-electron chi connectivity index (χ1n) is 10.2. The van der Waals surface area contributed by atoms with Crippen LogP contribution in [0, 0.1) is 17.5 Å². The van der Waals surface area contributed by atoms with E-state index in [1.807, 2.05) is 0 Å². The van der Waals surface area contributed by atoms with Gasteiger partial charge in [-0.25, -0.2) is 31.1 Å². The molecule has 1 aliphatic carbocycles. The average molecular weight is 467 g/mol. The van der Waals surface area contributed by atoms with E-state index in [4.69, 9.17) is 0 Å². The van der Waals surface area contributed by atoms with Crippen LogP contribution < -0.4 is 5.32 Å². The Morgan fingerprint density at radius 3 is 2.59 bits per heavy atom. The van der Waals surface area contributed by atoms with Gasteiger partial charge in [-0.2, -0.15) is 4.31 Å². The summed E-state index contributed by atoms with van der Waals surface area (Å²) in [5.41, 5.74) is -0.182. The van der Waals surface area contributed by atoms with Gasteiger partial charge in [-0.3, -0.25) is 0 Å². The van der Waals surface area contributed by atoms with Crippen LogP contribution in [0.2, 0.25) is 0 Å². The van der Waals surface area contributed by atoms with Crippen LogP contribution in [-0.2, 0) is 10.0 Å². The van der Waals surface area contributed by atoms with Crippen molar-refractivity contribution in [1.29, 1.82) is 0 Å². The molecule has 170 valence electrons. The molecule has 0 spiro atoms. The Balaban J connectivity index is 1.40. The van der Waals surface area contributed by atoms with Crippen LogP contribution in [0.5, 0.6) is 0 Å². The minimum atomic E-state index is -3.39. The van der Waals surface area contributed by atoms with Gasteiger partial charge in [0.25, 0.3) is 0 Å². The Hall–Kier alpha value is -2.70. The van der Waals surface area contributed by atoms with Crippen molar-refractivity contribution in [3.05, 3.63) is 47.9 Å². The molecule has 8 nitrogen and oxygen atoms in total. The van der Waals surface area contributed by atoms with Gasteiger partial charge in [0.2, 0.25) is 16.0 Å². The van der Waals surface area contributed by atoms with E-state index in [9.17, 15) is 26.7 Å². The predicted molar refractivity (Wildman–Crippen MR) is 110 cm³/mol. The summed E-state index contributed by atoms with van der Waals surface area (Å²) in [5.74, 6) is -2.08. The highest BCUT2D eigenvalue weighted by atomic mass is 32.2. The zero-order valence-corrected chi connectivity index (χ0v) is 17.6. The molecule has 0 bridgehead atoms. The van der Waals surface area contributed by atoms with E-state index in [0.29, 0.717) is 19.3 Å². The molecular weight excluding hydrogens is 447 g/mol. The molecule has 1 saturated carbocycles. The maximum Gasteiger partial charge on any atom is 0.241 e. The lowest BCUT2D eigenvalue weighted by atomic mass is 10.0. The Morgan fingerprint density at radius 2 is 1.88 bits per heavy atom. The molecule has 0 unspecified atom stereocenters. The summed E-state index contributed by atoms with van der Waals surface area (Å²) in [7, 11) is -3.39. The van der Waals surface area contributed by atoms with Crippen molar-refractivity contribution in [3.8, 4) is 11.3 Å². The molecular formula is C20H20F3N5O3S. The third kappa shape index (κ3) is 3.71. The minimum absolute atomic E-state index is 0.00541. The second-order valence-electron chi connectivity index (χ2n) is 8.09. The lowest BCUT2D eigenvalue weighted by Crippen LogP contribution is -2.52. The van der Waals surface area contributed by atoms with E-state index in [1.54, 1.807) is 0 Å². The summed E-state index contributed by atoms with van der Waals surface area (Å²) in [6.07, 6.45) is 1.81. The Bertz CT molecular complexity index is 1300. The highest BCUT2D eigenvalue weighted by Gasteiger charge is 2.43. The number of sulfonamides is 1. The second-order valence-corrected chi connectivity index (χ2v) is 10.3. The van der Waals surface area contributed by atoms with Crippen LogP contribution in [0.3, 0.4) is 0 Å². The topological polar surface area (TPSA) is 99.8 Å². The molecule has 1 saturated heterocycles. The van der Waals surface area contributed by atoms with E-state index in [0.717, 1.165) is 28.8 Å². The number of nitrogens with one attached hydrogen (secondary N) is 1. The summed E-state index contributed by atoms with van der Waals surface area (Å²) in [4.78, 5) is 4.06. The van der Waals surface area contributed by atoms with Gasteiger partial charge in [0.05, 0.1) is 29.3 Å². The third-order valence-corrected chi connectivity index (χ3v) is 8.20. The van der Waals surface area contributed by atoms with Crippen molar-refractivity contribution in [2.75, 3.05) is 18.4 Å². The first-order chi connectivity index (χ1) is 15.2. The van der Waals surface area contributed by atoms with Gasteiger partial charge >= 0.3 is 0 Å². The van der Waals surface area contributed by atoms with Crippen molar-refractivity contribution < 1.29 is 26.7 Å². The number of hydrogen-bond acceptors (Lipinski definition) is 6. The fourth-order valence-electron chi connectivity index (χ4n) is 3.95. The number of anilines is 1. The molecule has 12 heteroatoms. The van der Waals surface area contributed by atoms with Gasteiger partial charge in [-0.05, 0) is 37.5 Å². The summed E-state index contributed by atoms with van der Waals surface area (Å²) in [6.45, 7) is 0.199. The molecule has 0 radical (unpaired) electrons. The SMILES string of the molecule is O=S(=O)(C1CC1)N1CC[C@@H](Nc2ncc3c(F)cc(-c4cc(F)ccc4F)n3n2)[C@H](O)C1. The smallest absolute Gasteiger partial charge is 0.241 e. The number of aliphatic hydroxyl groups is 1. The average Bonchev–Trinajstić information content (AvgIpc) is 3.57. The molecule has 2 aromatic heterocycles. The van der Waals surface area contributed by atoms with Crippen molar-refractivity contribution >= 4 is 21.5 Å². The monoisotopic (exact) mass is 467 g/mol. The fourth-order valence-corrected chi connectivity index (χ4v) is 5.82. The number of rotatable bonds is 5. The molecule has 2 N–H and O–H groups in total. The van der Waals surface area contributed by atoms with E-state index in [2.05, 4.69) is 15.4 Å². The third-order valence-electron chi connectivity index (χ3n) is 5.84. The normalized spacial score (nSPS) is 22.4. The first kappa shape index (κ1) is 21.2. The Kier molecular flexibility index (Phi) is 5.10. The lowest BCUT2D eigenvalue weighted by Gasteiger charge is -2.35. The Morgan fingerprint density at radius 1 is 1.09 bits per heavy atom. The molecule has 2 fully saturated rings. The lowest BCUT2D eigenvalue weighted by molar-refractivity contribution is 0.0946. The van der Waals surface area contributed by atoms with Gasteiger partial charge in [-0.1, -0.05) is 0 Å². The van der Waals surface area contributed by atoms with E-state index in [1.165, 1.54) is 10.5 Å². The van der Waals surface area contributed by atoms with Gasteiger partial charge in [0.15, 0.2) is 5.82 Å². The number of halogens is 3.